The lowest BCUT2D eigenvalue weighted by Crippen LogP contribution is -2.38. The van der Waals surface area contributed by atoms with Crippen molar-refractivity contribution in [1.29, 1.82) is 0 Å². The number of nitrogens with zero attached hydrogens (tertiary/aromatic N) is 1. The number of hydrogen-bond acceptors (Lipinski definition) is 3. The number of carboxylic acid groups (broad SMARTS) is 1. The van der Waals surface area contributed by atoms with Crippen molar-refractivity contribution in [3.05, 3.63) is 41.5 Å². The minimum Gasteiger partial charge on any atom is -0.480 e. The molecule has 1 atom stereocenters. The van der Waals surface area contributed by atoms with Crippen molar-refractivity contribution in [3.63, 3.8) is 0 Å². The molecule has 0 radical (unpaired) electrons. The lowest BCUT2D eigenvalue weighted by molar-refractivity contribution is -0.138. The molecule has 1 aromatic rings. The van der Waals surface area contributed by atoms with Crippen molar-refractivity contribution in [1.82, 2.24) is 10.2 Å². The molecule has 6 nitrogen and oxygen atoms in total. The average Bonchev–Trinajstić information content (AvgIpc) is 3.16. The van der Waals surface area contributed by atoms with Crippen molar-refractivity contribution >= 4 is 23.9 Å². The minimum absolute atomic E-state index is 0.238. The van der Waals surface area contributed by atoms with Gasteiger partial charge in [0, 0.05) is 25.1 Å². The number of allylic oxidation sites excluding steroid dienone is 1. The van der Waals surface area contributed by atoms with Crippen LogP contribution in [0.3, 0.4) is 0 Å². The van der Waals surface area contributed by atoms with Crippen molar-refractivity contribution in [2.75, 3.05) is 13.1 Å². The zero-order chi connectivity index (χ0) is 18.9. The smallest absolute Gasteiger partial charge is 0.325 e. The highest BCUT2D eigenvalue weighted by molar-refractivity contribution is 5.96. The van der Waals surface area contributed by atoms with Crippen LogP contribution in [0, 0.1) is 0 Å². The van der Waals surface area contributed by atoms with Crippen LogP contribution in [0.15, 0.2) is 30.3 Å². The van der Waals surface area contributed by atoms with Crippen LogP contribution in [0.5, 0.6) is 0 Å². The fraction of sp³-hybridized carbons (Fsp3) is 0.450. The van der Waals surface area contributed by atoms with Gasteiger partial charge in [-0.25, -0.2) is 0 Å². The summed E-state index contributed by atoms with van der Waals surface area (Å²) in [6.45, 7) is 3.21. The van der Waals surface area contributed by atoms with E-state index < -0.39 is 17.9 Å². The molecule has 0 aliphatic carbocycles. The van der Waals surface area contributed by atoms with Crippen LogP contribution in [0.25, 0.3) is 6.08 Å². The Morgan fingerprint density at radius 1 is 1.27 bits per heavy atom. The number of amides is 2. The van der Waals surface area contributed by atoms with Crippen LogP contribution in [0.1, 0.15) is 54.9 Å². The highest BCUT2D eigenvalue weighted by atomic mass is 16.4. The normalized spacial score (nSPS) is 15.2. The van der Waals surface area contributed by atoms with E-state index in [1.807, 2.05) is 23.1 Å². The summed E-state index contributed by atoms with van der Waals surface area (Å²) < 4.78 is 0. The van der Waals surface area contributed by atoms with Gasteiger partial charge < -0.3 is 15.3 Å². The second-order valence-electron chi connectivity index (χ2n) is 6.54. The molecule has 0 saturated carbocycles. The van der Waals surface area contributed by atoms with Crippen LogP contribution in [-0.4, -0.2) is 46.9 Å². The topological polar surface area (TPSA) is 86.7 Å². The van der Waals surface area contributed by atoms with E-state index in [0.717, 1.165) is 44.3 Å². The largest absolute Gasteiger partial charge is 0.480 e. The van der Waals surface area contributed by atoms with Crippen molar-refractivity contribution in [2.45, 2.75) is 45.1 Å². The van der Waals surface area contributed by atoms with Crippen LogP contribution >= 0.6 is 0 Å². The first-order chi connectivity index (χ1) is 12.5. The molecule has 1 aliphatic heterocycles. The van der Waals surface area contributed by atoms with Gasteiger partial charge in [-0.05, 0) is 50.3 Å². The average molecular weight is 358 g/mol. The number of rotatable bonds is 8. The molecule has 2 amide bonds. The summed E-state index contributed by atoms with van der Waals surface area (Å²) in [5.41, 5.74) is 1.29. The fourth-order valence-electron chi connectivity index (χ4n) is 2.84. The summed E-state index contributed by atoms with van der Waals surface area (Å²) in [6, 6.07) is 6.07. The van der Waals surface area contributed by atoms with Gasteiger partial charge in [-0.15, -0.1) is 0 Å². The SMILES string of the molecule is C[C@@H](NC(=O)c1cccc(C=CCCCC(=O)N2CCCC2)c1)C(=O)O. The van der Waals surface area contributed by atoms with Gasteiger partial charge in [-0.2, -0.15) is 0 Å². The number of unbranched alkanes of at least 4 members (excludes halogenated alkanes) is 1. The Labute approximate surface area is 153 Å². The minimum atomic E-state index is -1.07. The molecule has 0 aromatic heterocycles. The van der Waals surface area contributed by atoms with Crippen molar-refractivity contribution < 1.29 is 19.5 Å². The summed E-state index contributed by atoms with van der Waals surface area (Å²) in [4.78, 5) is 36.7. The Morgan fingerprint density at radius 3 is 2.69 bits per heavy atom. The number of benzene rings is 1. The Balaban J connectivity index is 1.80. The van der Waals surface area contributed by atoms with E-state index in [0.29, 0.717) is 12.0 Å². The van der Waals surface area contributed by atoms with Crippen LogP contribution in [-0.2, 0) is 9.59 Å². The Morgan fingerprint density at radius 2 is 2.00 bits per heavy atom. The number of hydrogen-bond donors (Lipinski definition) is 2. The maximum absolute atomic E-state index is 12.0. The molecule has 1 heterocycles. The number of carboxylic acids is 1. The lowest BCUT2D eigenvalue weighted by atomic mass is 10.1. The number of aliphatic carboxylic acids is 1. The first-order valence-corrected chi connectivity index (χ1v) is 9.05. The number of carbonyl (C=O) groups is 3. The first kappa shape index (κ1) is 19.7. The second kappa shape index (κ2) is 9.75. The molecule has 26 heavy (non-hydrogen) atoms. The highest BCUT2D eigenvalue weighted by Gasteiger charge is 2.17. The Kier molecular flexibility index (Phi) is 7.38. The van der Waals surface area contributed by atoms with Gasteiger partial charge in [0.1, 0.15) is 6.04 Å². The van der Waals surface area contributed by atoms with Gasteiger partial charge in [0.15, 0.2) is 0 Å². The molecular formula is C20H26N2O4. The van der Waals surface area contributed by atoms with Gasteiger partial charge >= 0.3 is 5.97 Å². The highest BCUT2D eigenvalue weighted by Crippen LogP contribution is 2.12. The third-order valence-electron chi connectivity index (χ3n) is 4.40. The van der Waals surface area contributed by atoms with Crippen molar-refractivity contribution in [3.8, 4) is 0 Å². The van der Waals surface area contributed by atoms with Gasteiger partial charge in [0.2, 0.25) is 5.91 Å². The molecule has 1 fully saturated rings. The molecule has 140 valence electrons. The summed E-state index contributed by atoms with van der Waals surface area (Å²) in [5.74, 6) is -1.24. The lowest BCUT2D eigenvalue weighted by Gasteiger charge is -2.14. The molecule has 1 saturated heterocycles. The number of carbonyl (C=O) groups excluding carboxylic acids is 2. The third kappa shape index (κ3) is 6.02. The summed E-state index contributed by atoms with van der Waals surface area (Å²) in [7, 11) is 0. The van der Waals surface area contributed by atoms with E-state index >= 15 is 0 Å². The van der Waals surface area contributed by atoms with Crippen LogP contribution < -0.4 is 5.32 Å². The fourth-order valence-corrected chi connectivity index (χ4v) is 2.84. The summed E-state index contributed by atoms with van der Waals surface area (Å²) in [6.07, 6.45) is 8.31. The monoisotopic (exact) mass is 358 g/mol. The van der Waals surface area contributed by atoms with Crippen LogP contribution in [0.4, 0.5) is 0 Å². The Bertz CT molecular complexity index is 678. The van der Waals surface area contributed by atoms with Crippen LogP contribution in [0.2, 0.25) is 0 Å². The van der Waals surface area contributed by atoms with Gasteiger partial charge in [0.25, 0.3) is 5.91 Å². The van der Waals surface area contributed by atoms with E-state index in [2.05, 4.69) is 5.32 Å². The third-order valence-corrected chi connectivity index (χ3v) is 4.40. The predicted octanol–water partition coefficient (Wildman–Crippen LogP) is 2.70. The molecule has 0 bridgehead atoms. The number of likely N-dealkylation sites (tertiary alicyclic amines) is 1. The first-order valence-electron chi connectivity index (χ1n) is 9.05. The molecule has 1 aromatic carbocycles. The quantitative estimate of drug-likeness (QED) is 0.700. The standard InChI is InChI=1S/C20H26N2O4/c1-15(20(25)26)21-19(24)17-10-7-9-16(14-17)8-3-2-4-11-18(23)22-12-5-6-13-22/h3,7-10,14-15H,2,4-6,11-13H2,1H3,(H,21,24)(H,25,26)/t15-/m1/s1. The molecule has 1 aliphatic rings. The molecule has 2 rings (SSSR count). The molecule has 6 heteroatoms. The summed E-state index contributed by atoms with van der Waals surface area (Å²) in [5, 5.41) is 11.3. The van der Waals surface area contributed by atoms with E-state index in [-0.39, 0.29) is 5.91 Å². The van der Waals surface area contributed by atoms with E-state index in [1.54, 1.807) is 18.2 Å². The van der Waals surface area contributed by atoms with Crippen molar-refractivity contribution in [2.24, 2.45) is 0 Å². The zero-order valence-corrected chi connectivity index (χ0v) is 15.1. The predicted molar refractivity (Wildman–Crippen MR) is 99.7 cm³/mol. The van der Waals surface area contributed by atoms with E-state index in [1.165, 1.54) is 6.92 Å². The van der Waals surface area contributed by atoms with Gasteiger partial charge in [0.05, 0.1) is 0 Å². The van der Waals surface area contributed by atoms with E-state index in [4.69, 9.17) is 5.11 Å². The Hall–Kier alpha value is -2.63. The second-order valence-corrected chi connectivity index (χ2v) is 6.54. The van der Waals surface area contributed by atoms with Gasteiger partial charge in [-0.3, -0.25) is 14.4 Å². The molecular weight excluding hydrogens is 332 g/mol. The maximum atomic E-state index is 12.0. The zero-order valence-electron chi connectivity index (χ0n) is 15.1. The summed E-state index contributed by atoms with van der Waals surface area (Å²) >= 11 is 0. The van der Waals surface area contributed by atoms with E-state index in [9.17, 15) is 14.4 Å². The number of nitrogens with one attached hydrogen (secondary N) is 1. The maximum Gasteiger partial charge on any atom is 0.325 e. The van der Waals surface area contributed by atoms with Gasteiger partial charge in [-0.1, -0.05) is 24.3 Å². The molecule has 0 unspecified atom stereocenters. The molecule has 0 spiro atoms. The molecule has 2 N–H and O–H groups in total.